The second-order valence-electron chi connectivity index (χ2n) is 6.18. The molecular weight excluding hydrogens is 286 g/mol. The second-order valence-corrected chi connectivity index (χ2v) is 7.74. The number of rotatable bonds is 5. The molecule has 0 aliphatic heterocycles. The first-order chi connectivity index (χ1) is 9.84. The van der Waals surface area contributed by atoms with Crippen LogP contribution in [0.5, 0.6) is 0 Å². The summed E-state index contributed by atoms with van der Waals surface area (Å²) < 4.78 is 22.8. The van der Waals surface area contributed by atoms with Gasteiger partial charge in [0.05, 0.1) is 4.90 Å². The Bertz CT molecular complexity index is 579. The normalized spacial score (nSPS) is 23.0. The van der Waals surface area contributed by atoms with Crippen molar-refractivity contribution >= 4 is 21.4 Å². The van der Waals surface area contributed by atoms with Gasteiger partial charge in [0.1, 0.15) is 0 Å². The first kappa shape index (κ1) is 16.1. The molecule has 0 spiro atoms. The van der Waals surface area contributed by atoms with Crippen LogP contribution in [0.25, 0.3) is 0 Å². The Labute approximate surface area is 127 Å². The third kappa shape index (κ3) is 4.89. The van der Waals surface area contributed by atoms with E-state index in [1.807, 2.05) is 0 Å². The molecule has 0 saturated heterocycles. The van der Waals surface area contributed by atoms with E-state index in [4.69, 9.17) is 10.9 Å². The zero-order chi connectivity index (χ0) is 15.5. The highest BCUT2D eigenvalue weighted by Crippen LogP contribution is 2.30. The Kier molecular flexibility index (Phi) is 5.11. The largest absolute Gasteiger partial charge is 0.399 e. The van der Waals surface area contributed by atoms with Crippen molar-refractivity contribution in [1.82, 2.24) is 0 Å². The average molecular weight is 311 g/mol. The van der Waals surface area contributed by atoms with Gasteiger partial charge in [-0.15, -0.1) is 0 Å². The van der Waals surface area contributed by atoms with Crippen LogP contribution in [0.2, 0.25) is 0 Å². The van der Waals surface area contributed by atoms with Crippen LogP contribution in [0, 0.1) is 11.8 Å². The van der Waals surface area contributed by atoms with Crippen LogP contribution < -0.4 is 16.2 Å². The molecule has 0 unspecified atom stereocenters. The van der Waals surface area contributed by atoms with Crippen LogP contribution >= 0.6 is 0 Å². The maximum Gasteiger partial charge on any atom is 0.238 e. The van der Waals surface area contributed by atoms with Crippen LogP contribution in [0.4, 0.5) is 11.4 Å². The molecule has 2 rings (SSSR count). The smallest absolute Gasteiger partial charge is 0.238 e. The Morgan fingerprint density at radius 2 is 1.86 bits per heavy atom. The lowest BCUT2D eigenvalue weighted by Gasteiger charge is -2.26. The van der Waals surface area contributed by atoms with E-state index in [9.17, 15) is 8.42 Å². The van der Waals surface area contributed by atoms with Crippen LogP contribution in [-0.4, -0.2) is 15.0 Å². The first-order valence-electron chi connectivity index (χ1n) is 7.52. The van der Waals surface area contributed by atoms with Crippen molar-refractivity contribution in [3.63, 3.8) is 0 Å². The summed E-state index contributed by atoms with van der Waals surface area (Å²) in [6.07, 6.45) is 6.33. The summed E-state index contributed by atoms with van der Waals surface area (Å²) in [6, 6.07) is 4.65. The van der Waals surface area contributed by atoms with E-state index in [0.717, 1.165) is 24.8 Å². The van der Waals surface area contributed by atoms with Gasteiger partial charge in [-0.25, -0.2) is 13.6 Å². The maximum absolute atomic E-state index is 11.4. The van der Waals surface area contributed by atoms with Crippen molar-refractivity contribution in [1.29, 1.82) is 0 Å². The molecule has 118 valence electrons. The molecule has 0 radical (unpaired) electrons. The van der Waals surface area contributed by atoms with Crippen molar-refractivity contribution in [3.05, 3.63) is 18.2 Å². The number of primary sulfonamides is 1. The molecule has 1 aliphatic rings. The highest BCUT2D eigenvalue weighted by atomic mass is 32.2. The molecule has 0 atom stereocenters. The molecule has 1 saturated carbocycles. The fourth-order valence-corrected chi connectivity index (χ4v) is 3.52. The fourth-order valence-electron chi connectivity index (χ4n) is 2.93. The summed E-state index contributed by atoms with van der Waals surface area (Å²) in [5.74, 6) is 1.63. The third-order valence-electron chi connectivity index (χ3n) is 4.27. The molecule has 0 amide bonds. The highest BCUT2D eigenvalue weighted by molar-refractivity contribution is 7.89. The predicted octanol–water partition coefficient (Wildman–Crippen LogP) is 2.54. The van der Waals surface area contributed by atoms with Gasteiger partial charge in [-0.2, -0.15) is 0 Å². The van der Waals surface area contributed by atoms with Crippen molar-refractivity contribution in [2.45, 2.75) is 43.9 Å². The maximum atomic E-state index is 11.4. The minimum Gasteiger partial charge on any atom is -0.399 e. The summed E-state index contributed by atoms with van der Waals surface area (Å²) in [5, 5.41) is 8.40. The SMILES string of the molecule is CC1CCC(CCNc2cc(N)cc(S(N)(=O)=O)c2)CC1. The zero-order valence-corrected chi connectivity index (χ0v) is 13.3. The Hall–Kier alpha value is -1.27. The third-order valence-corrected chi connectivity index (χ3v) is 5.17. The van der Waals surface area contributed by atoms with Gasteiger partial charge < -0.3 is 11.1 Å². The van der Waals surface area contributed by atoms with Crippen molar-refractivity contribution in [2.24, 2.45) is 17.0 Å². The number of nitrogen functional groups attached to an aromatic ring is 1. The molecule has 0 aromatic heterocycles. The summed E-state index contributed by atoms with van der Waals surface area (Å²) in [6.45, 7) is 3.14. The van der Waals surface area contributed by atoms with Crippen molar-refractivity contribution < 1.29 is 8.42 Å². The van der Waals surface area contributed by atoms with E-state index < -0.39 is 10.0 Å². The minimum atomic E-state index is -3.72. The van der Waals surface area contributed by atoms with Crippen LogP contribution in [0.15, 0.2) is 23.1 Å². The van der Waals surface area contributed by atoms with Crippen molar-refractivity contribution in [2.75, 3.05) is 17.6 Å². The summed E-state index contributed by atoms with van der Waals surface area (Å²) in [4.78, 5) is 0.0523. The topological polar surface area (TPSA) is 98.2 Å². The van der Waals surface area contributed by atoms with Crippen LogP contribution in [-0.2, 0) is 10.0 Å². The molecular formula is C15H25N3O2S. The zero-order valence-electron chi connectivity index (χ0n) is 12.5. The van der Waals surface area contributed by atoms with E-state index in [-0.39, 0.29) is 4.90 Å². The fraction of sp³-hybridized carbons (Fsp3) is 0.600. The average Bonchev–Trinajstić information content (AvgIpc) is 2.39. The van der Waals surface area contributed by atoms with Crippen molar-refractivity contribution in [3.8, 4) is 0 Å². The second kappa shape index (κ2) is 6.66. The number of nitrogens with one attached hydrogen (secondary N) is 1. The lowest BCUT2D eigenvalue weighted by Crippen LogP contribution is -2.16. The molecule has 0 bridgehead atoms. The van der Waals surface area contributed by atoms with Crippen LogP contribution in [0.1, 0.15) is 39.0 Å². The molecule has 0 heterocycles. The molecule has 6 heteroatoms. The highest BCUT2D eigenvalue weighted by Gasteiger charge is 2.17. The molecule has 21 heavy (non-hydrogen) atoms. The number of sulfonamides is 1. The quantitative estimate of drug-likeness (QED) is 0.728. The lowest BCUT2D eigenvalue weighted by atomic mass is 9.81. The number of hydrogen-bond acceptors (Lipinski definition) is 4. The van der Waals surface area contributed by atoms with Gasteiger partial charge >= 0.3 is 0 Å². The molecule has 1 aliphatic carbocycles. The van der Waals surface area contributed by atoms with Gasteiger partial charge in [0, 0.05) is 17.9 Å². The van der Waals surface area contributed by atoms with Gasteiger partial charge in [-0.05, 0) is 36.5 Å². The van der Waals surface area contributed by atoms with Gasteiger partial charge in [-0.1, -0.05) is 32.6 Å². The Morgan fingerprint density at radius 3 is 2.48 bits per heavy atom. The van der Waals surface area contributed by atoms with E-state index >= 15 is 0 Å². The molecule has 5 N–H and O–H groups in total. The molecule has 1 aromatic carbocycles. The van der Waals surface area contributed by atoms with Gasteiger partial charge in [0.25, 0.3) is 0 Å². The summed E-state index contributed by atoms with van der Waals surface area (Å²) >= 11 is 0. The summed E-state index contributed by atoms with van der Waals surface area (Å²) in [5.41, 5.74) is 6.84. The number of nitrogens with two attached hydrogens (primary N) is 2. The Balaban J connectivity index is 1.90. The molecule has 1 fully saturated rings. The standard InChI is InChI=1S/C15H25N3O2S/c1-11-2-4-12(5-3-11)6-7-18-14-8-13(16)9-15(10-14)21(17,19)20/h8-12,18H,2-7,16H2,1H3,(H2,17,19,20). The van der Waals surface area contributed by atoms with Gasteiger partial charge in [-0.3, -0.25) is 0 Å². The molecule has 5 nitrogen and oxygen atoms in total. The first-order valence-corrected chi connectivity index (χ1v) is 9.06. The predicted molar refractivity (Wildman–Crippen MR) is 86.5 cm³/mol. The van der Waals surface area contributed by atoms with E-state index in [2.05, 4.69) is 12.2 Å². The monoisotopic (exact) mass is 311 g/mol. The molecule has 1 aromatic rings. The van der Waals surface area contributed by atoms with E-state index in [1.165, 1.54) is 37.8 Å². The van der Waals surface area contributed by atoms with E-state index in [1.54, 1.807) is 6.07 Å². The summed E-state index contributed by atoms with van der Waals surface area (Å²) in [7, 11) is -3.72. The number of anilines is 2. The Morgan fingerprint density at radius 1 is 1.19 bits per heavy atom. The van der Waals surface area contributed by atoms with E-state index in [0.29, 0.717) is 11.4 Å². The lowest BCUT2D eigenvalue weighted by molar-refractivity contribution is 0.282. The van der Waals surface area contributed by atoms with Gasteiger partial charge in [0.2, 0.25) is 10.0 Å². The van der Waals surface area contributed by atoms with Gasteiger partial charge in [0.15, 0.2) is 0 Å². The van der Waals surface area contributed by atoms with Crippen LogP contribution in [0.3, 0.4) is 0 Å². The minimum absolute atomic E-state index is 0.0523. The number of benzene rings is 1. The number of hydrogen-bond donors (Lipinski definition) is 3.